The van der Waals surface area contributed by atoms with Crippen LogP contribution in [-0.4, -0.2) is 74.1 Å². The van der Waals surface area contributed by atoms with Gasteiger partial charge in [0.05, 0.1) is 49.1 Å². The van der Waals surface area contributed by atoms with E-state index in [0.717, 1.165) is 0 Å². The molecule has 1 amide bonds. The van der Waals surface area contributed by atoms with Crippen LogP contribution in [0, 0.1) is 5.82 Å². The van der Waals surface area contributed by atoms with Crippen molar-refractivity contribution in [3.63, 3.8) is 0 Å². The zero-order chi connectivity index (χ0) is 21.7. The molecule has 3 atom stereocenters. The van der Waals surface area contributed by atoms with Gasteiger partial charge in [-0.05, 0) is 19.9 Å². The Morgan fingerprint density at radius 1 is 1.23 bits per heavy atom. The molecule has 5 rings (SSSR count). The molecule has 1 aromatic heterocycles. The van der Waals surface area contributed by atoms with Crippen molar-refractivity contribution >= 4 is 28.6 Å². The van der Waals surface area contributed by atoms with Crippen molar-refractivity contribution in [3.8, 4) is 0 Å². The maximum atomic E-state index is 15.9. The number of nitrogens with zero attached hydrogens (tertiary/aromatic N) is 3. The number of hydrogen-bond donors (Lipinski definition) is 1. The Hall–Kier alpha value is -2.47. The number of anilines is 2. The number of morpholine rings is 1. The zero-order valence-electron chi connectivity index (χ0n) is 17.2. The van der Waals surface area contributed by atoms with E-state index in [1.54, 1.807) is 6.07 Å². The minimum Gasteiger partial charge on any atom is -0.447 e. The van der Waals surface area contributed by atoms with Crippen molar-refractivity contribution in [1.29, 1.82) is 0 Å². The maximum absolute atomic E-state index is 15.9. The first-order valence-corrected chi connectivity index (χ1v) is 10.3. The van der Waals surface area contributed by atoms with Crippen LogP contribution in [0.5, 0.6) is 0 Å². The molecular formula is C20H24FN3O7. The van der Waals surface area contributed by atoms with Gasteiger partial charge in [0.25, 0.3) is 0 Å². The smallest absolute Gasteiger partial charge is 0.416 e. The number of aliphatic hydroxyl groups excluding tert-OH is 1. The summed E-state index contributed by atoms with van der Waals surface area (Å²) in [6.45, 7) is 5.30. The van der Waals surface area contributed by atoms with E-state index in [-0.39, 0.29) is 42.2 Å². The quantitative estimate of drug-likeness (QED) is 0.768. The lowest BCUT2D eigenvalue weighted by Crippen LogP contribution is -2.46. The summed E-state index contributed by atoms with van der Waals surface area (Å²) in [7, 11) is 0. The van der Waals surface area contributed by atoms with Crippen molar-refractivity contribution in [1.82, 2.24) is 5.16 Å². The Balaban J connectivity index is 1.66. The Kier molecular flexibility index (Phi) is 5.21. The van der Waals surface area contributed by atoms with Gasteiger partial charge in [0.2, 0.25) is 5.58 Å². The number of rotatable bonds is 4. The molecule has 3 fully saturated rings. The molecule has 168 valence electrons. The molecule has 3 saturated heterocycles. The molecule has 10 nitrogen and oxygen atoms in total. The van der Waals surface area contributed by atoms with Gasteiger partial charge in [-0.3, -0.25) is 0 Å². The molecule has 3 unspecified atom stereocenters. The van der Waals surface area contributed by atoms with Crippen LogP contribution < -0.4 is 9.80 Å². The minimum absolute atomic E-state index is 0.00944. The number of hydrogen-bond acceptors (Lipinski definition) is 9. The highest BCUT2D eigenvalue weighted by Crippen LogP contribution is 2.42. The Morgan fingerprint density at radius 3 is 2.61 bits per heavy atom. The van der Waals surface area contributed by atoms with Gasteiger partial charge in [-0.15, -0.1) is 0 Å². The third kappa shape index (κ3) is 3.41. The highest BCUT2D eigenvalue weighted by Gasteiger charge is 2.39. The molecule has 0 bridgehead atoms. The van der Waals surface area contributed by atoms with E-state index in [1.807, 2.05) is 18.7 Å². The molecule has 0 radical (unpaired) electrons. The van der Waals surface area contributed by atoms with E-state index in [1.165, 1.54) is 4.90 Å². The zero-order valence-corrected chi connectivity index (χ0v) is 17.2. The number of fused-ring (bicyclic) bond motifs is 1. The van der Waals surface area contributed by atoms with Gasteiger partial charge in [0, 0.05) is 18.7 Å². The summed E-state index contributed by atoms with van der Waals surface area (Å²) in [5, 5.41) is 13.8. The van der Waals surface area contributed by atoms with Gasteiger partial charge in [-0.1, -0.05) is 5.16 Å². The third-order valence-electron chi connectivity index (χ3n) is 5.70. The lowest BCUT2D eigenvalue weighted by molar-refractivity contribution is -0.0445. The van der Waals surface area contributed by atoms with Crippen molar-refractivity contribution in [3.05, 3.63) is 17.4 Å². The monoisotopic (exact) mass is 437 g/mol. The second-order valence-electron chi connectivity index (χ2n) is 8.03. The second kappa shape index (κ2) is 7.90. The van der Waals surface area contributed by atoms with Crippen LogP contribution in [0.3, 0.4) is 0 Å². The maximum Gasteiger partial charge on any atom is 0.416 e. The van der Waals surface area contributed by atoms with E-state index >= 15 is 4.39 Å². The summed E-state index contributed by atoms with van der Waals surface area (Å²) in [6.07, 6.45) is -1.62. The fourth-order valence-electron chi connectivity index (χ4n) is 4.46. The molecule has 3 aliphatic rings. The fourth-order valence-corrected chi connectivity index (χ4v) is 4.46. The van der Waals surface area contributed by atoms with Gasteiger partial charge in [0.15, 0.2) is 17.9 Å². The summed E-state index contributed by atoms with van der Waals surface area (Å²) in [5.74, 6) is -0.523. The summed E-state index contributed by atoms with van der Waals surface area (Å²) in [5.41, 5.74) is 0.711. The Morgan fingerprint density at radius 2 is 1.94 bits per heavy atom. The van der Waals surface area contributed by atoms with E-state index in [4.69, 9.17) is 23.5 Å². The van der Waals surface area contributed by atoms with Crippen LogP contribution >= 0.6 is 0 Å². The molecule has 0 saturated carbocycles. The van der Waals surface area contributed by atoms with Gasteiger partial charge < -0.3 is 33.5 Å². The van der Waals surface area contributed by atoms with Gasteiger partial charge in [-0.2, -0.15) is 0 Å². The molecule has 31 heavy (non-hydrogen) atoms. The van der Waals surface area contributed by atoms with Crippen LogP contribution in [0.1, 0.15) is 25.7 Å². The molecule has 2 aromatic rings. The molecule has 0 spiro atoms. The molecule has 1 aromatic carbocycles. The number of aromatic nitrogens is 1. The number of halogens is 1. The number of aliphatic hydroxyl groups is 1. The van der Waals surface area contributed by atoms with Crippen LogP contribution in [0.4, 0.5) is 20.7 Å². The lowest BCUT2D eigenvalue weighted by atomic mass is 10.0. The molecule has 4 heterocycles. The highest BCUT2D eigenvalue weighted by atomic mass is 19.1. The van der Waals surface area contributed by atoms with Crippen molar-refractivity contribution < 1.29 is 37.8 Å². The Bertz CT molecular complexity index is 983. The third-order valence-corrected chi connectivity index (χ3v) is 5.70. The van der Waals surface area contributed by atoms with Crippen molar-refractivity contribution in [2.75, 3.05) is 49.3 Å². The van der Waals surface area contributed by atoms with Crippen molar-refractivity contribution in [2.24, 2.45) is 0 Å². The summed E-state index contributed by atoms with van der Waals surface area (Å²) in [6, 6.07) is 1.05. The minimum atomic E-state index is -0.760. The van der Waals surface area contributed by atoms with Gasteiger partial charge >= 0.3 is 6.09 Å². The molecule has 0 aliphatic carbocycles. The predicted molar refractivity (Wildman–Crippen MR) is 106 cm³/mol. The average molecular weight is 437 g/mol. The van der Waals surface area contributed by atoms with Gasteiger partial charge in [-0.25, -0.2) is 14.1 Å². The number of carbonyl (C=O) groups is 1. The first-order chi connectivity index (χ1) is 15.0. The number of carbonyl (C=O) groups excluding carboxylic acids is 1. The van der Waals surface area contributed by atoms with E-state index in [2.05, 4.69) is 5.16 Å². The lowest BCUT2D eigenvalue weighted by Gasteiger charge is -2.38. The molecule has 3 aliphatic heterocycles. The highest BCUT2D eigenvalue weighted by molar-refractivity contribution is 6.01. The van der Waals surface area contributed by atoms with Gasteiger partial charge in [0.1, 0.15) is 6.61 Å². The first kappa shape index (κ1) is 20.4. The number of amides is 1. The number of benzene rings is 1. The summed E-state index contributed by atoms with van der Waals surface area (Å²) in [4.78, 5) is 15.3. The standard InChI is InChI=1S/C20H24FN3O7/c1-10-6-23(7-11(2)30-10)16-13(19-27-3-4-28-19)5-14-17(15(16)21)31-22-18(14)24-12(8-25)9-29-20(24)26/h5,10-12,19,25H,3-4,6-9H2,1-2H3. The summed E-state index contributed by atoms with van der Waals surface area (Å²) >= 11 is 0. The van der Waals surface area contributed by atoms with E-state index in [9.17, 15) is 9.90 Å². The second-order valence-corrected chi connectivity index (χ2v) is 8.03. The van der Waals surface area contributed by atoms with Crippen molar-refractivity contribution in [2.45, 2.75) is 38.4 Å². The normalized spacial score (nSPS) is 27.5. The van der Waals surface area contributed by atoms with Crippen LogP contribution in [0.25, 0.3) is 11.0 Å². The number of cyclic esters (lactones) is 1. The number of ether oxygens (including phenoxy) is 4. The average Bonchev–Trinajstić information content (AvgIpc) is 3.46. The molecule has 1 N–H and O–H groups in total. The first-order valence-electron chi connectivity index (χ1n) is 10.3. The van der Waals surface area contributed by atoms with E-state index < -0.39 is 24.2 Å². The topological polar surface area (TPSA) is 107 Å². The largest absolute Gasteiger partial charge is 0.447 e. The molecular weight excluding hydrogens is 413 g/mol. The van der Waals surface area contributed by atoms with Crippen LogP contribution in [-0.2, 0) is 18.9 Å². The van der Waals surface area contributed by atoms with Crippen LogP contribution in [0.15, 0.2) is 10.6 Å². The predicted octanol–water partition coefficient (Wildman–Crippen LogP) is 1.94. The fraction of sp³-hybridized carbons (Fsp3) is 0.600. The van der Waals surface area contributed by atoms with Crippen LogP contribution in [0.2, 0.25) is 0 Å². The Labute approximate surface area is 177 Å². The molecule has 11 heteroatoms. The SMILES string of the molecule is CC1CN(c2c(C3OCCO3)cc3c(N4C(=O)OCC4CO)noc3c2F)CC(C)O1. The van der Waals surface area contributed by atoms with E-state index in [0.29, 0.717) is 37.6 Å². The summed E-state index contributed by atoms with van der Waals surface area (Å²) < 4.78 is 43.4.